The van der Waals surface area contributed by atoms with Crippen LogP contribution in [0, 0.1) is 0 Å². The molecule has 0 atom stereocenters. The zero-order valence-corrected chi connectivity index (χ0v) is 7.64. The number of aromatic nitrogens is 1. The van der Waals surface area contributed by atoms with Crippen molar-refractivity contribution in [3.05, 3.63) is 30.0 Å². The van der Waals surface area contributed by atoms with E-state index in [1.807, 2.05) is 0 Å². The first-order valence-corrected chi connectivity index (χ1v) is 4.21. The number of nitrogens with zero attached hydrogens (tertiary/aromatic N) is 1. The van der Waals surface area contributed by atoms with Gasteiger partial charge < -0.3 is 15.9 Å². The van der Waals surface area contributed by atoms with E-state index in [0.29, 0.717) is 5.52 Å². The number of amides is 1. The number of carbonyl (C=O) groups excluding carboxylic acids is 1. The molecule has 5 heteroatoms. The lowest BCUT2D eigenvalue weighted by molar-refractivity contribution is 0.0995. The maximum atomic E-state index is 10.9. The average Bonchev–Trinajstić information content (AvgIpc) is 2.17. The highest BCUT2D eigenvalue weighted by atomic mass is 16.3. The third kappa shape index (κ3) is 1.43. The number of fused-ring (bicyclic) bond motifs is 1. The van der Waals surface area contributed by atoms with Crippen LogP contribution in [-0.2, 0) is 0 Å². The summed E-state index contributed by atoms with van der Waals surface area (Å²) in [5.41, 5.74) is 5.32. The lowest BCUT2D eigenvalue weighted by atomic mass is 10.1. The lowest BCUT2D eigenvalue weighted by Crippen LogP contribution is -2.12. The van der Waals surface area contributed by atoms with E-state index in [0.717, 1.165) is 6.07 Å². The largest absolute Gasteiger partial charge is 0.507 e. The summed E-state index contributed by atoms with van der Waals surface area (Å²) < 4.78 is 0. The summed E-state index contributed by atoms with van der Waals surface area (Å²) >= 11 is 0. The number of nitrogens with two attached hydrogens (primary N) is 1. The molecule has 0 radical (unpaired) electrons. The standard InChI is InChI=1S/C10H8N2O3/c11-10(15)6-4-8(14)9-5(12-6)2-1-3-7(9)13/h1-4,13H,(H2,11,15)(H,12,14). The first-order chi connectivity index (χ1) is 7.09. The predicted molar refractivity (Wildman–Crippen MR) is 53.6 cm³/mol. The Balaban J connectivity index is 2.84. The van der Waals surface area contributed by atoms with Crippen molar-refractivity contribution in [1.29, 1.82) is 0 Å². The second-order valence-corrected chi connectivity index (χ2v) is 3.06. The molecule has 4 N–H and O–H groups in total. The summed E-state index contributed by atoms with van der Waals surface area (Å²) in [6.07, 6.45) is 0. The summed E-state index contributed by atoms with van der Waals surface area (Å²) in [5, 5.41) is 19.2. The number of benzene rings is 1. The van der Waals surface area contributed by atoms with Gasteiger partial charge in [0.2, 0.25) is 0 Å². The molecule has 0 bridgehead atoms. The van der Waals surface area contributed by atoms with E-state index in [1.54, 1.807) is 12.1 Å². The van der Waals surface area contributed by atoms with Crippen molar-refractivity contribution in [2.75, 3.05) is 0 Å². The number of primary amides is 1. The normalized spacial score (nSPS) is 10.4. The highest BCUT2D eigenvalue weighted by molar-refractivity contribution is 5.97. The van der Waals surface area contributed by atoms with Gasteiger partial charge in [0.25, 0.3) is 5.91 Å². The van der Waals surface area contributed by atoms with E-state index < -0.39 is 5.91 Å². The molecule has 2 aromatic rings. The van der Waals surface area contributed by atoms with Gasteiger partial charge in [-0.05, 0) is 12.1 Å². The molecule has 76 valence electrons. The third-order valence-corrected chi connectivity index (χ3v) is 2.04. The number of carbonyl (C=O) groups is 1. The number of pyridine rings is 1. The summed E-state index contributed by atoms with van der Waals surface area (Å²) in [6.45, 7) is 0. The van der Waals surface area contributed by atoms with Gasteiger partial charge in [-0.3, -0.25) is 4.79 Å². The topological polar surface area (TPSA) is 96.4 Å². The molecule has 1 amide bonds. The number of rotatable bonds is 1. The number of hydrogen-bond acceptors (Lipinski definition) is 4. The van der Waals surface area contributed by atoms with Crippen LogP contribution in [0.4, 0.5) is 0 Å². The summed E-state index contributed by atoms with van der Waals surface area (Å²) in [5.74, 6) is -1.03. The Bertz CT molecular complexity index is 552. The molecular weight excluding hydrogens is 196 g/mol. The van der Waals surface area contributed by atoms with Crippen molar-refractivity contribution in [3.8, 4) is 11.5 Å². The van der Waals surface area contributed by atoms with Crippen molar-refractivity contribution >= 4 is 16.8 Å². The molecule has 0 aliphatic rings. The molecule has 1 heterocycles. The molecule has 0 saturated heterocycles. The molecule has 0 fully saturated rings. The van der Waals surface area contributed by atoms with Crippen molar-refractivity contribution in [2.45, 2.75) is 0 Å². The fourth-order valence-electron chi connectivity index (χ4n) is 1.37. The Morgan fingerprint density at radius 2 is 2.00 bits per heavy atom. The minimum atomic E-state index is -0.726. The fraction of sp³-hybridized carbons (Fsp3) is 0. The van der Waals surface area contributed by atoms with Crippen molar-refractivity contribution in [2.24, 2.45) is 5.73 Å². The Hall–Kier alpha value is -2.30. The summed E-state index contributed by atoms with van der Waals surface area (Å²) in [7, 11) is 0. The SMILES string of the molecule is NC(=O)c1cc(O)c2c(O)cccc2n1. The van der Waals surface area contributed by atoms with Crippen LogP contribution >= 0.6 is 0 Å². The number of phenols is 1. The molecule has 1 aromatic carbocycles. The Labute approximate surface area is 84.8 Å². The summed E-state index contributed by atoms with van der Waals surface area (Å²) in [4.78, 5) is 14.8. The second kappa shape index (κ2) is 3.13. The molecular formula is C10H8N2O3. The molecule has 0 saturated carbocycles. The van der Waals surface area contributed by atoms with E-state index >= 15 is 0 Å². The van der Waals surface area contributed by atoms with Gasteiger partial charge in [-0.15, -0.1) is 0 Å². The van der Waals surface area contributed by atoms with Crippen LogP contribution in [0.25, 0.3) is 10.9 Å². The molecule has 0 aliphatic heterocycles. The zero-order chi connectivity index (χ0) is 11.0. The minimum absolute atomic E-state index is 0.0365. The Kier molecular flexibility index (Phi) is 1.93. The average molecular weight is 204 g/mol. The first-order valence-electron chi connectivity index (χ1n) is 4.21. The van der Waals surface area contributed by atoms with Crippen LogP contribution in [0.2, 0.25) is 0 Å². The van der Waals surface area contributed by atoms with E-state index in [2.05, 4.69) is 4.98 Å². The van der Waals surface area contributed by atoms with E-state index in [4.69, 9.17) is 5.73 Å². The van der Waals surface area contributed by atoms with Gasteiger partial charge in [-0.1, -0.05) is 6.07 Å². The van der Waals surface area contributed by atoms with Crippen molar-refractivity contribution in [1.82, 2.24) is 4.98 Å². The minimum Gasteiger partial charge on any atom is -0.507 e. The molecule has 0 aliphatic carbocycles. The van der Waals surface area contributed by atoms with Gasteiger partial charge in [0.1, 0.15) is 17.2 Å². The fourth-order valence-corrected chi connectivity index (χ4v) is 1.37. The molecule has 2 rings (SSSR count). The van der Waals surface area contributed by atoms with Gasteiger partial charge >= 0.3 is 0 Å². The quantitative estimate of drug-likeness (QED) is 0.638. The van der Waals surface area contributed by atoms with Gasteiger partial charge in [0, 0.05) is 6.07 Å². The van der Waals surface area contributed by atoms with Crippen molar-refractivity contribution in [3.63, 3.8) is 0 Å². The third-order valence-electron chi connectivity index (χ3n) is 2.04. The maximum Gasteiger partial charge on any atom is 0.267 e. The van der Waals surface area contributed by atoms with Crippen LogP contribution in [0.5, 0.6) is 11.5 Å². The summed E-state index contributed by atoms with van der Waals surface area (Å²) in [6, 6.07) is 5.69. The van der Waals surface area contributed by atoms with Gasteiger partial charge in [-0.25, -0.2) is 4.98 Å². The number of phenolic OH excluding ortho intramolecular Hbond substituents is 1. The molecule has 5 nitrogen and oxygen atoms in total. The van der Waals surface area contributed by atoms with Gasteiger partial charge in [0.15, 0.2) is 0 Å². The molecule has 0 unspecified atom stereocenters. The highest BCUT2D eigenvalue weighted by Crippen LogP contribution is 2.31. The van der Waals surface area contributed by atoms with Crippen LogP contribution in [-0.4, -0.2) is 21.1 Å². The highest BCUT2D eigenvalue weighted by Gasteiger charge is 2.11. The van der Waals surface area contributed by atoms with Crippen molar-refractivity contribution < 1.29 is 15.0 Å². The van der Waals surface area contributed by atoms with E-state index in [1.165, 1.54) is 6.07 Å². The van der Waals surface area contributed by atoms with E-state index in [9.17, 15) is 15.0 Å². The zero-order valence-electron chi connectivity index (χ0n) is 7.64. The molecule has 15 heavy (non-hydrogen) atoms. The second-order valence-electron chi connectivity index (χ2n) is 3.06. The van der Waals surface area contributed by atoms with Crippen LogP contribution < -0.4 is 5.73 Å². The smallest absolute Gasteiger partial charge is 0.267 e. The maximum absolute atomic E-state index is 10.9. The van der Waals surface area contributed by atoms with Gasteiger partial charge in [-0.2, -0.15) is 0 Å². The Morgan fingerprint density at radius 3 is 2.67 bits per heavy atom. The van der Waals surface area contributed by atoms with Crippen LogP contribution in [0.1, 0.15) is 10.5 Å². The molecule has 1 aromatic heterocycles. The number of hydrogen-bond donors (Lipinski definition) is 3. The van der Waals surface area contributed by atoms with Gasteiger partial charge in [0.05, 0.1) is 10.9 Å². The lowest BCUT2D eigenvalue weighted by Gasteiger charge is -2.04. The monoisotopic (exact) mass is 204 g/mol. The predicted octanol–water partition coefficient (Wildman–Crippen LogP) is 0.745. The number of aromatic hydroxyl groups is 2. The molecule has 0 spiro atoms. The Morgan fingerprint density at radius 1 is 1.27 bits per heavy atom. The van der Waals surface area contributed by atoms with Crippen LogP contribution in [0.15, 0.2) is 24.3 Å². The van der Waals surface area contributed by atoms with E-state index in [-0.39, 0.29) is 22.6 Å². The first kappa shape index (κ1) is 9.26. The van der Waals surface area contributed by atoms with Crippen LogP contribution in [0.3, 0.4) is 0 Å².